The predicted molar refractivity (Wildman–Crippen MR) is 86.8 cm³/mol. The summed E-state index contributed by atoms with van der Waals surface area (Å²) in [6, 6.07) is 3.08. The molecule has 140 valence electrons. The van der Waals surface area contributed by atoms with E-state index < -0.39 is 38.5 Å². The molecule has 2 N–H and O–H groups in total. The highest BCUT2D eigenvalue weighted by molar-refractivity contribution is 7.89. The van der Waals surface area contributed by atoms with Gasteiger partial charge in [-0.25, -0.2) is 21.9 Å². The molecule has 26 heavy (non-hydrogen) atoms. The zero-order valence-corrected chi connectivity index (χ0v) is 14.6. The van der Waals surface area contributed by atoms with Crippen LogP contribution in [0.4, 0.5) is 8.78 Å². The first-order chi connectivity index (χ1) is 12.2. The van der Waals surface area contributed by atoms with Crippen LogP contribution in [0.15, 0.2) is 33.7 Å². The molecule has 0 bridgehead atoms. The molecule has 7 nitrogen and oxygen atoms in total. The van der Waals surface area contributed by atoms with E-state index in [-0.39, 0.29) is 11.7 Å². The van der Waals surface area contributed by atoms with Crippen molar-refractivity contribution in [3.8, 4) is 0 Å². The number of nitrogens with zero attached hydrogens (tertiary/aromatic N) is 1. The van der Waals surface area contributed by atoms with Gasteiger partial charge in [-0.1, -0.05) is 5.16 Å². The molecule has 1 heterocycles. The normalized spacial score (nSPS) is 20.3. The molecule has 10 heteroatoms. The van der Waals surface area contributed by atoms with Crippen molar-refractivity contribution in [2.24, 2.45) is 0 Å². The van der Waals surface area contributed by atoms with Gasteiger partial charge in [-0.3, -0.25) is 4.79 Å². The lowest BCUT2D eigenvalue weighted by atomic mass is 10.2. The van der Waals surface area contributed by atoms with E-state index in [2.05, 4.69) is 15.2 Å². The molecule has 1 saturated carbocycles. The summed E-state index contributed by atoms with van der Waals surface area (Å²) in [6.07, 6.45) is 1.39. The Hall–Kier alpha value is -2.33. The fraction of sp³-hybridized carbons (Fsp3) is 0.375. The third-order valence-electron chi connectivity index (χ3n) is 4.13. The first kappa shape index (κ1) is 18.5. The van der Waals surface area contributed by atoms with Gasteiger partial charge in [0.25, 0.3) is 5.91 Å². The highest BCUT2D eigenvalue weighted by Crippen LogP contribution is 2.23. The van der Waals surface area contributed by atoms with Gasteiger partial charge in [-0.2, -0.15) is 0 Å². The molecule has 0 aliphatic heterocycles. The van der Waals surface area contributed by atoms with Crippen LogP contribution < -0.4 is 10.0 Å². The summed E-state index contributed by atoms with van der Waals surface area (Å²) in [5.41, 5.74) is 0.153. The molecule has 2 atom stereocenters. The maximum atomic E-state index is 13.7. The van der Waals surface area contributed by atoms with Crippen LogP contribution in [0.1, 0.15) is 35.5 Å². The van der Waals surface area contributed by atoms with E-state index in [1.165, 1.54) is 6.07 Å². The molecule has 0 radical (unpaired) electrons. The van der Waals surface area contributed by atoms with Crippen molar-refractivity contribution >= 4 is 15.9 Å². The molecule has 1 fully saturated rings. The molecule has 0 unspecified atom stereocenters. The van der Waals surface area contributed by atoms with E-state index in [4.69, 9.17) is 4.52 Å². The average molecular weight is 385 g/mol. The molecule has 1 aromatic heterocycles. The lowest BCUT2D eigenvalue weighted by molar-refractivity contribution is 0.0928. The second-order valence-corrected chi connectivity index (χ2v) is 7.88. The Bertz CT molecular complexity index is 929. The van der Waals surface area contributed by atoms with Crippen LogP contribution in [0.25, 0.3) is 0 Å². The van der Waals surface area contributed by atoms with E-state index in [0.29, 0.717) is 31.1 Å². The number of carbonyl (C=O) groups is 1. The topological polar surface area (TPSA) is 101 Å². The van der Waals surface area contributed by atoms with Crippen molar-refractivity contribution < 1.29 is 26.5 Å². The third kappa shape index (κ3) is 4.07. The zero-order chi connectivity index (χ0) is 18.9. The molecular formula is C16H17F2N3O4S. The number of amides is 1. The summed E-state index contributed by atoms with van der Waals surface area (Å²) >= 11 is 0. The minimum Gasteiger partial charge on any atom is -0.361 e. The summed E-state index contributed by atoms with van der Waals surface area (Å²) in [5, 5.41) is 6.38. The summed E-state index contributed by atoms with van der Waals surface area (Å²) in [6.45, 7) is 1.67. The van der Waals surface area contributed by atoms with Crippen LogP contribution in [0.5, 0.6) is 0 Å². The van der Waals surface area contributed by atoms with Gasteiger partial charge in [0.05, 0.1) is 0 Å². The minimum atomic E-state index is -4.12. The molecule has 0 spiro atoms. The zero-order valence-electron chi connectivity index (χ0n) is 13.8. The summed E-state index contributed by atoms with van der Waals surface area (Å²) in [4.78, 5) is 11.4. The monoisotopic (exact) mass is 385 g/mol. The maximum Gasteiger partial charge on any atom is 0.273 e. The van der Waals surface area contributed by atoms with E-state index in [1.54, 1.807) is 6.92 Å². The first-order valence-corrected chi connectivity index (χ1v) is 9.44. The summed E-state index contributed by atoms with van der Waals surface area (Å²) in [5.74, 6) is -1.90. The molecule has 1 aliphatic rings. The molecule has 1 aromatic carbocycles. The van der Waals surface area contributed by atoms with Gasteiger partial charge in [0, 0.05) is 24.2 Å². The van der Waals surface area contributed by atoms with E-state index in [0.717, 1.165) is 12.1 Å². The van der Waals surface area contributed by atoms with Crippen LogP contribution in [0.2, 0.25) is 0 Å². The number of rotatable bonds is 5. The molecule has 3 rings (SSSR count). The maximum absolute atomic E-state index is 13.7. The van der Waals surface area contributed by atoms with Crippen LogP contribution in [-0.4, -0.2) is 31.6 Å². The van der Waals surface area contributed by atoms with Crippen molar-refractivity contribution in [1.82, 2.24) is 15.2 Å². The number of aromatic nitrogens is 1. The minimum absolute atomic E-state index is 0.153. The number of carbonyl (C=O) groups excluding carboxylic acids is 1. The number of sulfonamides is 1. The van der Waals surface area contributed by atoms with E-state index >= 15 is 0 Å². The van der Waals surface area contributed by atoms with Gasteiger partial charge >= 0.3 is 0 Å². The number of nitrogens with one attached hydrogen (secondary N) is 2. The number of hydrogen-bond acceptors (Lipinski definition) is 5. The Morgan fingerprint density at radius 1 is 1.23 bits per heavy atom. The fourth-order valence-corrected chi connectivity index (χ4v) is 4.27. The SMILES string of the molecule is Cc1cc(C(=O)N[C@@H]2CC[C@H](NS(=O)(=O)c3ccc(F)cc3F)C2)no1. The van der Waals surface area contributed by atoms with Crippen molar-refractivity contribution in [2.45, 2.75) is 43.2 Å². The Labute approximate surface area is 148 Å². The molecule has 1 amide bonds. The Balaban J connectivity index is 1.61. The van der Waals surface area contributed by atoms with Crippen LogP contribution in [0, 0.1) is 18.6 Å². The van der Waals surface area contributed by atoms with E-state index in [9.17, 15) is 22.0 Å². The number of halogens is 2. The fourth-order valence-electron chi connectivity index (χ4n) is 2.93. The predicted octanol–water partition coefficient (Wildman–Crippen LogP) is 1.89. The van der Waals surface area contributed by atoms with Crippen molar-refractivity contribution in [1.29, 1.82) is 0 Å². The standard InChI is InChI=1S/C16H17F2N3O4S/c1-9-6-14(20-25-9)16(22)19-11-3-4-12(8-11)21-26(23,24)15-5-2-10(17)7-13(15)18/h2,5-7,11-12,21H,3-4,8H2,1H3,(H,19,22)/t11-,12+/m1/s1. The first-order valence-electron chi connectivity index (χ1n) is 7.96. The number of hydrogen-bond donors (Lipinski definition) is 2. The summed E-state index contributed by atoms with van der Waals surface area (Å²) < 4.78 is 58.5. The molecule has 1 aliphatic carbocycles. The molecule has 0 saturated heterocycles. The van der Waals surface area contributed by atoms with Crippen LogP contribution in [0.3, 0.4) is 0 Å². The lowest BCUT2D eigenvalue weighted by Gasteiger charge is -2.15. The highest BCUT2D eigenvalue weighted by atomic mass is 32.2. The van der Waals surface area contributed by atoms with Gasteiger partial charge in [0.2, 0.25) is 10.0 Å². The van der Waals surface area contributed by atoms with Gasteiger partial charge in [-0.05, 0) is 38.3 Å². The second-order valence-electron chi connectivity index (χ2n) is 6.20. The lowest BCUT2D eigenvalue weighted by Crippen LogP contribution is -2.37. The van der Waals surface area contributed by atoms with Crippen LogP contribution in [-0.2, 0) is 10.0 Å². The average Bonchev–Trinajstić information content (AvgIpc) is 3.15. The number of benzene rings is 1. The van der Waals surface area contributed by atoms with Gasteiger partial charge < -0.3 is 9.84 Å². The Morgan fingerprint density at radius 3 is 2.62 bits per heavy atom. The van der Waals surface area contributed by atoms with Gasteiger partial charge in [0.15, 0.2) is 5.69 Å². The second kappa shape index (κ2) is 7.12. The quantitative estimate of drug-likeness (QED) is 0.819. The smallest absolute Gasteiger partial charge is 0.273 e. The van der Waals surface area contributed by atoms with E-state index in [1.807, 2.05) is 0 Å². The third-order valence-corrected chi connectivity index (χ3v) is 5.69. The summed E-state index contributed by atoms with van der Waals surface area (Å²) in [7, 11) is -4.12. The van der Waals surface area contributed by atoms with Gasteiger partial charge in [0.1, 0.15) is 22.3 Å². The van der Waals surface area contributed by atoms with Crippen molar-refractivity contribution in [3.05, 3.63) is 47.4 Å². The van der Waals surface area contributed by atoms with Crippen molar-refractivity contribution in [2.75, 3.05) is 0 Å². The number of aryl methyl sites for hydroxylation is 1. The Kier molecular flexibility index (Phi) is 5.05. The van der Waals surface area contributed by atoms with Gasteiger partial charge in [-0.15, -0.1) is 0 Å². The highest BCUT2D eigenvalue weighted by Gasteiger charge is 2.31. The molecule has 2 aromatic rings. The largest absolute Gasteiger partial charge is 0.361 e. The molecular weight excluding hydrogens is 368 g/mol. The van der Waals surface area contributed by atoms with Crippen LogP contribution >= 0.6 is 0 Å². The van der Waals surface area contributed by atoms with Crippen molar-refractivity contribution in [3.63, 3.8) is 0 Å². The Morgan fingerprint density at radius 2 is 1.96 bits per heavy atom.